The number of thiazole rings is 1. The maximum atomic E-state index is 13.0. The number of fused-ring (bicyclic) bond motifs is 1. The molecule has 0 atom stereocenters. The molecule has 0 amide bonds. The van der Waals surface area contributed by atoms with Crippen molar-refractivity contribution < 1.29 is 9.47 Å². The first-order valence-electron chi connectivity index (χ1n) is 11.1. The van der Waals surface area contributed by atoms with Crippen molar-refractivity contribution >= 4 is 34.0 Å². The van der Waals surface area contributed by atoms with Gasteiger partial charge in [0.05, 0.1) is 17.7 Å². The lowest BCUT2D eigenvalue weighted by Crippen LogP contribution is -2.28. The number of aromatic nitrogens is 3. The van der Waals surface area contributed by atoms with Crippen molar-refractivity contribution in [3.8, 4) is 11.5 Å². The Bertz CT molecular complexity index is 1460. The summed E-state index contributed by atoms with van der Waals surface area (Å²) in [7, 11) is 0. The predicted octanol–water partition coefficient (Wildman–Crippen LogP) is 3.88. The number of ether oxygens (including phenoxy) is 2. The Labute approximate surface area is 205 Å². The molecule has 0 saturated heterocycles. The van der Waals surface area contributed by atoms with E-state index in [4.69, 9.17) is 21.1 Å². The van der Waals surface area contributed by atoms with E-state index >= 15 is 0 Å². The molecule has 0 unspecified atom stereocenters. The van der Waals surface area contributed by atoms with Crippen LogP contribution in [0.25, 0.3) is 11.0 Å². The van der Waals surface area contributed by atoms with Gasteiger partial charge in [-0.25, -0.2) is 0 Å². The maximum absolute atomic E-state index is 13.0. The van der Waals surface area contributed by atoms with Crippen LogP contribution in [-0.4, -0.2) is 27.8 Å². The lowest BCUT2D eigenvalue weighted by Gasteiger charge is -2.12. The monoisotopic (exact) mass is 497 g/mol. The first kappa shape index (κ1) is 23.9. The molecule has 7 nitrogen and oxygen atoms in total. The summed E-state index contributed by atoms with van der Waals surface area (Å²) in [6.07, 6.45) is 4.00. The molecule has 2 heterocycles. The van der Waals surface area contributed by atoms with Gasteiger partial charge in [0.15, 0.2) is 11.5 Å². The van der Waals surface area contributed by atoms with E-state index in [-0.39, 0.29) is 22.6 Å². The molecular weight excluding hydrogens is 474 g/mol. The largest absolute Gasteiger partial charge is 0.490 e. The lowest BCUT2D eigenvalue weighted by atomic mass is 10.1. The molecule has 34 heavy (non-hydrogen) atoms. The third-order valence-electron chi connectivity index (χ3n) is 5.06. The van der Waals surface area contributed by atoms with Gasteiger partial charge < -0.3 is 9.47 Å². The Hall–Kier alpha value is -3.23. The quantitative estimate of drug-likeness (QED) is 0.326. The minimum absolute atomic E-state index is 0.202. The molecule has 0 aliphatic rings. The Kier molecular flexibility index (Phi) is 7.59. The molecule has 176 valence electrons. The second kappa shape index (κ2) is 10.8. The fourth-order valence-corrected chi connectivity index (χ4v) is 4.36. The van der Waals surface area contributed by atoms with Crippen LogP contribution in [0.2, 0.25) is 5.02 Å². The van der Waals surface area contributed by atoms with Crippen LogP contribution in [0, 0.1) is 0 Å². The van der Waals surface area contributed by atoms with Gasteiger partial charge in [0.1, 0.15) is 5.69 Å². The summed E-state index contributed by atoms with van der Waals surface area (Å²) >= 11 is 7.05. The highest BCUT2D eigenvalue weighted by molar-refractivity contribution is 7.15. The van der Waals surface area contributed by atoms with Crippen LogP contribution in [0.3, 0.4) is 0 Å². The lowest BCUT2D eigenvalue weighted by molar-refractivity contribution is 0.272. The number of halogens is 1. The normalized spacial score (nSPS) is 11.8. The molecule has 2 aromatic carbocycles. The minimum Gasteiger partial charge on any atom is -0.490 e. The van der Waals surface area contributed by atoms with E-state index in [1.165, 1.54) is 4.52 Å². The van der Waals surface area contributed by atoms with Crippen LogP contribution in [0.4, 0.5) is 0 Å². The van der Waals surface area contributed by atoms with Crippen molar-refractivity contribution in [1.82, 2.24) is 14.6 Å². The molecule has 0 fully saturated rings. The highest BCUT2D eigenvalue weighted by atomic mass is 35.5. The second-order valence-electron chi connectivity index (χ2n) is 7.62. The summed E-state index contributed by atoms with van der Waals surface area (Å²) in [6, 6.07) is 12.7. The topological polar surface area (TPSA) is 82.8 Å². The Morgan fingerprint density at radius 1 is 1.06 bits per heavy atom. The van der Waals surface area contributed by atoms with Crippen molar-refractivity contribution in [2.24, 2.45) is 0 Å². The first-order chi connectivity index (χ1) is 16.5. The SMILES string of the molecule is CCCCOc1ccc(/C=c2\sc3nc(=O)c(Cc4ccc(Cl)cc4)nn3c2=O)cc1OCC. The van der Waals surface area contributed by atoms with Gasteiger partial charge >= 0.3 is 0 Å². The number of nitrogens with zero attached hydrogens (tertiary/aromatic N) is 3. The Morgan fingerprint density at radius 2 is 1.85 bits per heavy atom. The average Bonchev–Trinajstić information content (AvgIpc) is 3.11. The van der Waals surface area contributed by atoms with Crippen LogP contribution in [0.15, 0.2) is 52.1 Å². The number of benzene rings is 2. The standard InChI is InChI=1S/C25H24ClN3O4S/c1-3-5-12-33-20-11-8-17(14-21(20)32-4-2)15-22-24(31)29-25(34-22)27-23(30)19(28-29)13-16-6-9-18(26)10-7-16/h6-11,14-15H,3-5,12-13H2,1-2H3/b22-15-. The van der Waals surface area contributed by atoms with E-state index in [1.807, 2.05) is 37.3 Å². The van der Waals surface area contributed by atoms with Gasteiger partial charge in [0.25, 0.3) is 11.1 Å². The van der Waals surface area contributed by atoms with Crippen molar-refractivity contribution in [3.63, 3.8) is 0 Å². The van der Waals surface area contributed by atoms with E-state index < -0.39 is 5.56 Å². The van der Waals surface area contributed by atoms with Crippen LogP contribution in [0.1, 0.15) is 43.5 Å². The van der Waals surface area contributed by atoms with E-state index in [1.54, 1.807) is 18.2 Å². The zero-order chi connectivity index (χ0) is 24.1. The van der Waals surface area contributed by atoms with Crippen molar-refractivity contribution in [2.75, 3.05) is 13.2 Å². The number of unbranched alkanes of at least 4 members (excludes halogenated alkanes) is 1. The summed E-state index contributed by atoms with van der Waals surface area (Å²) in [6.45, 7) is 5.12. The molecule has 2 aromatic heterocycles. The van der Waals surface area contributed by atoms with Gasteiger partial charge in [0, 0.05) is 11.4 Å². The summed E-state index contributed by atoms with van der Waals surface area (Å²) in [5, 5.41) is 4.91. The van der Waals surface area contributed by atoms with Gasteiger partial charge in [-0.15, -0.1) is 0 Å². The fraction of sp³-hybridized carbons (Fsp3) is 0.280. The molecule has 0 N–H and O–H groups in total. The third-order valence-corrected chi connectivity index (χ3v) is 6.27. The predicted molar refractivity (Wildman–Crippen MR) is 134 cm³/mol. The molecule has 4 rings (SSSR count). The first-order valence-corrected chi connectivity index (χ1v) is 12.3. The van der Waals surface area contributed by atoms with Crippen LogP contribution >= 0.6 is 22.9 Å². The summed E-state index contributed by atoms with van der Waals surface area (Å²) in [4.78, 5) is 29.8. The Balaban J connectivity index is 1.69. The number of rotatable bonds is 9. The van der Waals surface area contributed by atoms with Crippen LogP contribution in [-0.2, 0) is 6.42 Å². The van der Waals surface area contributed by atoms with E-state index in [0.29, 0.717) is 34.3 Å². The third kappa shape index (κ3) is 5.46. The molecule has 0 bridgehead atoms. The van der Waals surface area contributed by atoms with E-state index in [9.17, 15) is 9.59 Å². The van der Waals surface area contributed by atoms with Crippen molar-refractivity contribution in [3.05, 3.63) is 89.5 Å². The average molecular weight is 498 g/mol. The summed E-state index contributed by atoms with van der Waals surface area (Å²) in [5.41, 5.74) is 1.06. The molecular formula is C25H24ClN3O4S. The van der Waals surface area contributed by atoms with Crippen molar-refractivity contribution in [1.29, 1.82) is 0 Å². The van der Waals surface area contributed by atoms with Crippen molar-refractivity contribution in [2.45, 2.75) is 33.1 Å². The molecule has 4 aromatic rings. The molecule has 0 aliphatic heterocycles. The minimum atomic E-state index is -0.449. The van der Waals surface area contributed by atoms with Gasteiger partial charge in [-0.3, -0.25) is 9.59 Å². The molecule has 0 radical (unpaired) electrons. The zero-order valence-electron chi connectivity index (χ0n) is 18.9. The van der Waals surface area contributed by atoms with Crippen LogP contribution < -0.4 is 25.1 Å². The maximum Gasteiger partial charge on any atom is 0.296 e. The molecule has 9 heteroatoms. The summed E-state index contributed by atoms with van der Waals surface area (Å²) in [5.74, 6) is 1.29. The molecule has 0 saturated carbocycles. The van der Waals surface area contributed by atoms with Gasteiger partial charge in [0.2, 0.25) is 4.96 Å². The second-order valence-corrected chi connectivity index (χ2v) is 9.06. The van der Waals surface area contributed by atoms with E-state index in [2.05, 4.69) is 17.0 Å². The highest BCUT2D eigenvalue weighted by Crippen LogP contribution is 2.29. The van der Waals surface area contributed by atoms with Gasteiger partial charge in [-0.05, 0) is 54.8 Å². The van der Waals surface area contributed by atoms with Gasteiger partial charge in [-0.2, -0.15) is 14.6 Å². The zero-order valence-corrected chi connectivity index (χ0v) is 20.5. The fourth-order valence-electron chi connectivity index (χ4n) is 3.33. The van der Waals surface area contributed by atoms with Crippen LogP contribution in [0.5, 0.6) is 11.5 Å². The van der Waals surface area contributed by atoms with Gasteiger partial charge in [-0.1, -0.05) is 54.5 Å². The molecule has 0 aliphatic carbocycles. The highest BCUT2D eigenvalue weighted by Gasteiger charge is 2.12. The number of hydrogen-bond acceptors (Lipinski definition) is 7. The van der Waals surface area contributed by atoms with E-state index in [0.717, 1.165) is 35.3 Å². The Morgan fingerprint density at radius 3 is 2.59 bits per heavy atom. The smallest absolute Gasteiger partial charge is 0.296 e. The number of hydrogen-bond donors (Lipinski definition) is 0. The molecule has 0 spiro atoms. The summed E-state index contributed by atoms with van der Waals surface area (Å²) < 4.78 is 13.2.